The summed E-state index contributed by atoms with van der Waals surface area (Å²) in [6, 6.07) is 2.39. The SMILES string of the molecule is C[C@@H]1OCC[C@H]1Nc1ccn(C)n1. The van der Waals surface area contributed by atoms with Crippen LogP contribution in [-0.4, -0.2) is 28.5 Å². The van der Waals surface area contributed by atoms with Crippen molar-refractivity contribution < 1.29 is 4.74 Å². The van der Waals surface area contributed by atoms with Crippen molar-refractivity contribution in [2.24, 2.45) is 7.05 Å². The fourth-order valence-electron chi connectivity index (χ4n) is 1.60. The zero-order valence-corrected chi connectivity index (χ0v) is 8.03. The van der Waals surface area contributed by atoms with Gasteiger partial charge in [-0.1, -0.05) is 0 Å². The van der Waals surface area contributed by atoms with Crippen LogP contribution in [0, 0.1) is 0 Å². The highest BCUT2D eigenvalue weighted by molar-refractivity contribution is 5.34. The second-order valence-corrected chi connectivity index (χ2v) is 3.49. The number of rotatable bonds is 2. The zero-order chi connectivity index (χ0) is 9.26. The molecule has 1 aliphatic heterocycles. The number of hydrogen-bond donors (Lipinski definition) is 1. The molecule has 1 aromatic heterocycles. The summed E-state index contributed by atoms with van der Waals surface area (Å²) in [5, 5.41) is 7.61. The van der Waals surface area contributed by atoms with E-state index < -0.39 is 0 Å². The monoisotopic (exact) mass is 181 g/mol. The lowest BCUT2D eigenvalue weighted by Gasteiger charge is -2.14. The van der Waals surface area contributed by atoms with Gasteiger partial charge in [0.2, 0.25) is 0 Å². The third kappa shape index (κ3) is 1.83. The Kier molecular flexibility index (Phi) is 2.22. The molecule has 0 aromatic carbocycles. The molecule has 1 saturated heterocycles. The van der Waals surface area contributed by atoms with Crippen LogP contribution in [0.5, 0.6) is 0 Å². The normalized spacial score (nSPS) is 27.8. The van der Waals surface area contributed by atoms with Gasteiger partial charge >= 0.3 is 0 Å². The molecule has 4 nitrogen and oxygen atoms in total. The molecule has 0 amide bonds. The maximum atomic E-state index is 5.45. The molecule has 2 atom stereocenters. The molecule has 72 valence electrons. The lowest BCUT2D eigenvalue weighted by Crippen LogP contribution is -2.26. The van der Waals surface area contributed by atoms with Crippen molar-refractivity contribution in [1.82, 2.24) is 9.78 Å². The topological polar surface area (TPSA) is 39.1 Å². The second kappa shape index (κ2) is 3.38. The van der Waals surface area contributed by atoms with Gasteiger partial charge in [0, 0.05) is 25.9 Å². The van der Waals surface area contributed by atoms with Crippen molar-refractivity contribution in [2.75, 3.05) is 11.9 Å². The molecule has 1 aromatic rings. The fraction of sp³-hybridized carbons (Fsp3) is 0.667. The van der Waals surface area contributed by atoms with E-state index in [2.05, 4.69) is 17.3 Å². The number of ether oxygens (including phenoxy) is 1. The summed E-state index contributed by atoms with van der Waals surface area (Å²) in [6.45, 7) is 2.94. The van der Waals surface area contributed by atoms with Gasteiger partial charge in [-0.3, -0.25) is 4.68 Å². The Bertz CT molecular complexity index is 284. The number of anilines is 1. The van der Waals surface area contributed by atoms with E-state index in [0.29, 0.717) is 12.1 Å². The van der Waals surface area contributed by atoms with Crippen molar-refractivity contribution in [3.63, 3.8) is 0 Å². The maximum Gasteiger partial charge on any atom is 0.148 e. The van der Waals surface area contributed by atoms with Gasteiger partial charge in [0.1, 0.15) is 5.82 Å². The molecule has 0 radical (unpaired) electrons. The maximum absolute atomic E-state index is 5.45. The second-order valence-electron chi connectivity index (χ2n) is 3.49. The molecule has 13 heavy (non-hydrogen) atoms. The van der Waals surface area contributed by atoms with Gasteiger partial charge < -0.3 is 10.1 Å². The average molecular weight is 181 g/mol. The Morgan fingerprint density at radius 2 is 2.54 bits per heavy atom. The Labute approximate surface area is 77.9 Å². The first kappa shape index (κ1) is 8.56. The van der Waals surface area contributed by atoms with Gasteiger partial charge in [0.25, 0.3) is 0 Å². The van der Waals surface area contributed by atoms with Crippen LogP contribution in [0.15, 0.2) is 12.3 Å². The van der Waals surface area contributed by atoms with Crippen LogP contribution in [-0.2, 0) is 11.8 Å². The molecule has 2 heterocycles. The summed E-state index contributed by atoms with van der Waals surface area (Å²) >= 11 is 0. The minimum Gasteiger partial charge on any atom is -0.376 e. The molecule has 0 saturated carbocycles. The van der Waals surface area contributed by atoms with E-state index in [1.807, 2.05) is 19.3 Å². The van der Waals surface area contributed by atoms with Gasteiger partial charge in [0.15, 0.2) is 0 Å². The van der Waals surface area contributed by atoms with Crippen LogP contribution < -0.4 is 5.32 Å². The van der Waals surface area contributed by atoms with Gasteiger partial charge in [0.05, 0.1) is 12.1 Å². The van der Waals surface area contributed by atoms with Gasteiger partial charge in [-0.25, -0.2) is 0 Å². The van der Waals surface area contributed by atoms with Crippen LogP contribution in [0.1, 0.15) is 13.3 Å². The van der Waals surface area contributed by atoms with Crippen molar-refractivity contribution in [3.8, 4) is 0 Å². The highest BCUT2D eigenvalue weighted by Crippen LogP contribution is 2.17. The largest absolute Gasteiger partial charge is 0.376 e. The third-order valence-electron chi connectivity index (χ3n) is 2.42. The number of aryl methyl sites for hydroxylation is 1. The van der Waals surface area contributed by atoms with Crippen molar-refractivity contribution >= 4 is 5.82 Å². The van der Waals surface area contributed by atoms with E-state index in [0.717, 1.165) is 18.8 Å². The minimum absolute atomic E-state index is 0.294. The molecular formula is C9H15N3O. The quantitative estimate of drug-likeness (QED) is 0.740. The van der Waals surface area contributed by atoms with E-state index in [9.17, 15) is 0 Å². The van der Waals surface area contributed by atoms with E-state index >= 15 is 0 Å². The zero-order valence-electron chi connectivity index (χ0n) is 8.03. The number of hydrogen-bond acceptors (Lipinski definition) is 3. The van der Waals surface area contributed by atoms with E-state index in [1.165, 1.54) is 0 Å². The van der Waals surface area contributed by atoms with E-state index in [4.69, 9.17) is 4.74 Å². The Hall–Kier alpha value is -1.03. The van der Waals surface area contributed by atoms with Crippen LogP contribution in [0.2, 0.25) is 0 Å². The van der Waals surface area contributed by atoms with Crippen molar-refractivity contribution in [1.29, 1.82) is 0 Å². The molecular weight excluding hydrogens is 166 g/mol. The lowest BCUT2D eigenvalue weighted by atomic mass is 10.1. The summed E-state index contributed by atoms with van der Waals surface area (Å²) in [7, 11) is 1.92. The summed E-state index contributed by atoms with van der Waals surface area (Å²) in [4.78, 5) is 0. The molecule has 1 N–H and O–H groups in total. The van der Waals surface area contributed by atoms with Crippen molar-refractivity contribution in [2.45, 2.75) is 25.5 Å². The predicted octanol–water partition coefficient (Wildman–Crippen LogP) is 1.01. The van der Waals surface area contributed by atoms with Crippen LogP contribution in [0.4, 0.5) is 5.82 Å². The number of aromatic nitrogens is 2. The summed E-state index contributed by atoms with van der Waals surface area (Å²) < 4.78 is 7.24. The smallest absolute Gasteiger partial charge is 0.148 e. The predicted molar refractivity (Wildman–Crippen MR) is 50.6 cm³/mol. The molecule has 0 unspecified atom stereocenters. The Morgan fingerprint density at radius 1 is 1.69 bits per heavy atom. The van der Waals surface area contributed by atoms with Gasteiger partial charge in [-0.15, -0.1) is 0 Å². The minimum atomic E-state index is 0.294. The Morgan fingerprint density at radius 3 is 3.08 bits per heavy atom. The number of nitrogens with one attached hydrogen (secondary N) is 1. The molecule has 0 bridgehead atoms. The Balaban J connectivity index is 1.97. The summed E-state index contributed by atoms with van der Waals surface area (Å²) in [5.74, 6) is 0.935. The van der Waals surface area contributed by atoms with Crippen LogP contribution in [0.25, 0.3) is 0 Å². The van der Waals surface area contributed by atoms with E-state index in [-0.39, 0.29) is 0 Å². The highest BCUT2D eigenvalue weighted by Gasteiger charge is 2.24. The first-order valence-corrected chi connectivity index (χ1v) is 4.63. The standard InChI is InChI=1S/C9H15N3O/c1-7-8(4-6-13-7)10-9-3-5-12(2)11-9/h3,5,7-8H,4,6H2,1-2H3,(H,10,11)/t7-,8+/m0/s1. The summed E-state index contributed by atoms with van der Waals surface area (Å²) in [6.07, 6.45) is 3.29. The third-order valence-corrected chi connectivity index (χ3v) is 2.42. The highest BCUT2D eigenvalue weighted by atomic mass is 16.5. The molecule has 2 rings (SSSR count). The first-order valence-electron chi connectivity index (χ1n) is 4.63. The van der Waals surface area contributed by atoms with Crippen LogP contribution >= 0.6 is 0 Å². The van der Waals surface area contributed by atoms with Crippen molar-refractivity contribution in [3.05, 3.63) is 12.3 Å². The molecule has 1 fully saturated rings. The molecule has 0 spiro atoms. The first-order chi connectivity index (χ1) is 6.25. The van der Waals surface area contributed by atoms with Gasteiger partial charge in [-0.05, 0) is 13.3 Å². The molecule has 0 aliphatic carbocycles. The van der Waals surface area contributed by atoms with Crippen LogP contribution in [0.3, 0.4) is 0 Å². The number of nitrogens with zero attached hydrogens (tertiary/aromatic N) is 2. The average Bonchev–Trinajstić information content (AvgIpc) is 2.64. The fourth-order valence-corrected chi connectivity index (χ4v) is 1.60. The van der Waals surface area contributed by atoms with Gasteiger partial charge in [-0.2, -0.15) is 5.10 Å². The molecule has 1 aliphatic rings. The molecule has 4 heteroatoms. The lowest BCUT2D eigenvalue weighted by molar-refractivity contribution is 0.121. The summed E-state index contributed by atoms with van der Waals surface area (Å²) in [5.41, 5.74) is 0. The van der Waals surface area contributed by atoms with E-state index in [1.54, 1.807) is 4.68 Å².